The first-order chi connectivity index (χ1) is 7.62. The SMILES string of the molecule is CCN(CC)C(=O)C(C)NC1CC(OC)C1. The summed E-state index contributed by atoms with van der Waals surface area (Å²) in [6, 6.07) is 0.363. The molecular weight excluding hydrogens is 204 g/mol. The number of nitrogens with zero attached hydrogens (tertiary/aromatic N) is 1. The van der Waals surface area contributed by atoms with Gasteiger partial charge in [0, 0.05) is 26.2 Å². The molecule has 1 saturated carbocycles. The number of hydrogen-bond donors (Lipinski definition) is 1. The second kappa shape index (κ2) is 6.21. The van der Waals surface area contributed by atoms with Crippen molar-refractivity contribution in [1.29, 1.82) is 0 Å². The fourth-order valence-corrected chi connectivity index (χ4v) is 2.13. The van der Waals surface area contributed by atoms with E-state index in [4.69, 9.17) is 4.74 Å². The fraction of sp³-hybridized carbons (Fsp3) is 0.917. The number of hydrogen-bond acceptors (Lipinski definition) is 3. The molecule has 0 bridgehead atoms. The Morgan fingerprint density at radius 1 is 1.44 bits per heavy atom. The Kier molecular flexibility index (Phi) is 5.22. The molecule has 1 amide bonds. The molecule has 1 fully saturated rings. The van der Waals surface area contributed by atoms with E-state index in [-0.39, 0.29) is 11.9 Å². The molecule has 1 aliphatic carbocycles. The van der Waals surface area contributed by atoms with Gasteiger partial charge in [-0.2, -0.15) is 0 Å². The summed E-state index contributed by atoms with van der Waals surface area (Å²) in [6.45, 7) is 7.54. The fourth-order valence-electron chi connectivity index (χ4n) is 2.13. The maximum Gasteiger partial charge on any atom is 0.239 e. The third-order valence-corrected chi connectivity index (χ3v) is 3.36. The Hall–Kier alpha value is -0.610. The third-order valence-electron chi connectivity index (χ3n) is 3.36. The molecule has 0 heterocycles. The van der Waals surface area contributed by atoms with Crippen molar-refractivity contribution in [3.8, 4) is 0 Å². The van der Waals surface area contributed by atoms with Crippen LogP contribution in [0.1, 0.15) is 33.6 Å². The summed E-state index contributed by atoms with van der Waals surface area (Å²) in [5, 5.41) is 3.36. The Morgan fingerprint density at radius 2 is 2.00 bits per heavy atom. The Bertz CT molecular complexity index is 223. The molecule has 1 atom stereocenters. The van der Waals surface area contributed by atoms with Crippen molar-refractivity contribution in [2.75, 3.05) is 20.2 Å². The van der Waals surface area contributed by atoms with Crippen molar-refractivity contribution in [1.82, 2.24) is 10.2 Å². The van der Waals surface area contributed by atoms with Gasteiger partial charge in [-0.15, -0.1) is 0 Å². The second-order valence-corrected chi connectivity index (χ2v) is 4.42. The number of carbonyl (C=O) groups excluding carboxylic acids is 1. The van der Waals surface area contributed by atoms with Crippen LogP contribution in [0.15, 0.2) is 0 Å². The molecule has 4 heteroatoms. The van der Waals surface area contributed by atoms with E-state index >= 15 is 0 Å². The number of amides is 1. The molecule has 4 nitrogen and oxygen atoms in total. The van der Waals surface area contributed by atoms with E-state index < -0.39 is 0 Å². The van der Waals surface area contributed by atoms with Gasteiger partial charge in [0.1, 0.15) is 0 Å². The van der Waals surface area contributed by atoms with Crippen molar-refractivity contribution < 1.29 is 9.53 Å². The predicted molar refractivity (Wildman–Crippen MR) is 64.3 cm³/mol. The minimum absolute atomic E-state index is 0.0808. The highest BCUT2D eigenvalue weighted by Crippen LogP contribution is 2.22. The van der Waals surface area contributed by atoms with E-state index in [0.717, 1.165) is 25.9 Å². The molecule has 0 aromatic heterocycles. The molecule has 1 N–H and O–H groups in total. The molecule has 1 aliphatic rings. The average molecular weight is 228 g/mol. The van der Waals surface area contributed by atoms with Crippen LogP contribution in [-0.4, -0.2) is 49.2 Å². The number of ether oxygens (including phenoxy) is 1. The first kappa shape index (κ1) is 13.5. The molecule has 94 valence electrons. The number of carbonyl (C=O) groups is 1. The topological polar surface area (TPSA) is 41.6 Å². The maximum atomic E-state index is 12.0. The molecule has 0 saturated heterocycles. The maximum absolute atomic E-state index is 12.0. The minimum Gasteiger partial charge on any atom is -0.381 e. The zero-order valence-electron chi connectivity index (χ0n) is 10.8. The molecule has 0 aromatic carbocycles. The molecule has 0 spiro atoms. The van der Waals surface area contributed by atoms with Crippen LogP contribution >= 0.6 is 0 Å². The first-order valence-electron chi connectivity index (χ1n) is 6.19. The molecule has 0 aliphatic heterocycles. The zero-order valence-corrected chi connectivity index (χ0v) is 10.8. The standard InChI is InChI=1S/C12H24N2O2/c1-5-14(6-2)12(15)9(3)13-10-7-11(8-10)16-4/h9-11,13H,5-8H2,1-4H3. The van der Waals surface area contributed by atoms with Crippen LogP contribution < -0.4 is 5.32 Å². The van der Waals surface area contributed by atoms with E-state index in [1.807, 2.05) is 25.7 Å². The lowest BCUT2D eigenvalue weighted by atomic mass is 9.88. The van der Waals surface area contributed by atoms with Crippen LogP contribution in [-0.2, 0) is 9.53 Å². The highest BCUT2D eigenvalue weighted by Gasteiger charge is 2.31. The summed E-state index contributed by atoms with van der Waals surface area (Å²) in [4.78, 5) is 13.8. The van der Waals surface area contributed by atoms with Crippen LogP contribution in [0.4, 0.5) is 0 Å². The largest absolute Gasteiger partial charge is 0.381 e. The number of nitrogens with one attached hydrogen (secondary N) is 1. The highest BCUT2D eigenvalue weighted by atomic mass is 16.5. The third kappa shape index (κ3) is 3.19. The molecular formula is C12H24N2O2. The summed E-state index contributed by atoms with van der Waals surface area (Å²) in [5.74, 6) is 0.200. The van der Waals surface area contributed by atoms with Crippen molar-refractivity contribution in [2.24, 2.45) is 0 Å². The van der Waals surface area contributed by atoms with Gasteiger partial charge in [0.05, 0.1) is 12.1 Å². The van der Waals surface area contributed by atoms with Gasteiger partial charge in [-0.25, -0.2) is 0 Å². The molecule has 1 rings (SSSR count). The zero-order chi connectivity index (χ0) is 12.1. The predicted octanol–water partition coefficient (Wildman–Crippen LogP) is 1.01. The van der Waals surface area contributed by atoms with Gasteiger partial charge in [-0.3, -0.25) is 4.79 Å². The smallest absolute Gasteiger partial charge is 0.239 e. The first-order valence-corrected chi connectivity index (χ1v) is 6.19. The lowest BCUT2D eigenvalue weighted by Crippen LogP contribution is -2.53. The monoisotopic (exact) mass is 228 g/mol. The lowest BCUT2D eigenvalue weighted by Gasteiger charge is -2.37. The van der Waals surface area contributed by atoms with Crippen molar-refractivity contribution in [3.05, 3.63) is 0 Å². The van der Waals surface area contributed by atoms with Crippen LogP contribution in [0.2, 0.25) is 0 Å². The van der Waals surface area contributed by atoms with E-state index in [1.54, 1.807) is 7.11 Å². The van der Waals surface area contributed by atoms with Crippen LogP contribution in [0, 0.1) is 0 Å². The van der Waals surface area contributed by atoms with Gasteiger partial charge in [-0.05, 0) is 33.6 Å². The summed E-state index contributed by atoms with van der Waals surface area (Å²) >= 11 is 0. The summed E-state index contributed by atoms with van der Waals surface area (Å²) in [6.07, 6.45) is 2.42. The minimum atomic E-state index is -0.0808. The Labute approximate surface area is 98.3 Å². The molecule has 16 heavy (non-hydrogen) atoms. The van der Waals surface area contributed by atoms with Crippen LogP contribution in [0.25, 0.3) is 0 Å². The van der Waals surface area contributed by atoms with Gasteiger partial charge in [0.15, 0.2) is 0 Å². The molecule has 1 unspecified atom stereocenters. The van der Waals surface area contributed by atoms with E-state index in [9.17, 15) is 4.79 Å². The number of likely N-dealkylation sites (N-methyl/N-ethyl adjacent to an activating group) is 1. The Balaban J connectivity index is 2.29. The highest BCUT2D eigenvalue weighted by molar-refractivity contribution is 5.81. The van der Waals surface area contributed by atoms with Crippen molar-refractivity contribution >= 4 is 5.91 Å². The van der Waals surface area contributed by atoms with Gasteiger partial charge in [0.2, 0.25) is 5.91 Å². The number of rotatable bonds is 6. The normalized spacial score (nSPS) is 26.0. The van der Waals surface area contributed by atoms with Crippen LogP contribution in [0.5, 0.6) is 0 Å². The van der Waals surface area contributed by atoms with Crippen LogP contribution in [0.3, 0.4) is 0 Å². The van der Waals surface area contributed by atoms with E-state index in [0.29, 0.717) is 12.1 Å². The average Bonchev–Trinajstić information content (AvgIpc) is 2.23. The number of methoxy groups -OCH3 is 1. The van der Waals surface area contributed by atoms with E-state index in [1.165, 1.54) is 0 Å². The lowest BCUT2D eigenvalue weighted by molar-refractivity contribution is -0.133. The second-order valence-electron chi connectivity index (χ2n) is 4.42. The van der Waals surface area contributed by atoms with Gasteiger partial charge in [-0.1, -0.05) is 0 Å². The van der Waals surface area contributed by atoms with Gasteiger partial charge < -0.3 is 15.0 Å². The quantitative estimate of drug-likeness (QED) is 0.737. The summed E-state index contributed by atoms with van der Waals surface area (Å²) in [5.41, 5.74) is 0. The molecule has 0 radical (unpaired) electrons. The molecule has 0 aromatic rings. The van der Waals surface area contributed by atoms with E-state index in [2.05, 4.69) is 5.32 Å². The summed E-state index contributed by atoms with van der Waals surface area (Å²) in [7, 11) is 1.74. The Morgan fingerprint density at radius 3 is 2.44 bits per heavy atom. The van der Waals surface area contributed by atoms with Gasteiger partial charge in [0.25, 0.3) is 0 Å². The summed E-state index contributed by atoms with van der Waals surface area (Å²) < 4.78 is 5.21. The van der Waals surface area contributed by atoms with Gasteiger partial charge >= 0.3 is 0 Å². The van der Waals surface area contributed by atoms with Crippen molar-refractivity contribution in [3.63, 3.8) is 0 Å². The van der Waals surface area contributed by atoms with Crippen molar-refractivity contribution in [2.45, 2.75) is 51.8 Å².